The zero-order valence-electron chi connectivity index (χ0n) is 18.4. The fourth-order valence-electron chi connectivity index (χ4n) is 3.15. The number of rotatable bonds is 8. The lowest BCUT2D eigenvalue weighted by molar-refractivity contribution is 0.0406. The Labute approximate surface area is 185 Å². The topological polar surface area (TPSA) is 129 Å². The second-order valence-electron chi connectivity index (χ2n) is 8.15. The molecule has 3 aromatic rings. The summed E-state index contributed by atoms with van der Waals surface area (Å²) in [5.41, 5.74) is 1.68. The Morgan fingerprint density at radius 3 is 2.62 bits per heavy atom. The summed E-state index contributed by atoms with van der Waals surface area (Å²) in [6.07, 6.45) is 1.69. The van der Waals surface area contributed by atoms with E-state index in [2.05, 4.69) is 25.7 Å². The maximum atomic E-state index is 14.2. The number of aliphatic hydroxyl groups excluding tert-OH is 1. The number of aliphatic hydroxyl groups is 1. The van der Waals surface area contributed by atoms with Crippen molar-refractivity contribution < 1.29 is 14.3 Å². The number of amides is 1. The molecule has 0 aliphatic heterocycles. The van der Waals surface area contributed by atoms with E-state index in [9.17, 15) is 14.3 Å². The molecule has 32 heavy (non-hydrogen) atoms. The Morgan fingerprint density at radius 2 is 1.97 bits per heavy atom. The van der Waals surface area contributed by atoms with Crippen molar-refractivity contribution in [2.24, 2.45) is 5.92 Å². The van der Waals surface area contributed by atoms with Gasteiger partial charge in [-0.25, -0.2) is 14.4 Å². The van der Waals surface area contributed by atoms with Crippen molar-refractivity contribution in [1.29, 1.82) is 5.26 Å². The molecule has 0 saturated carbocycles. The zero-order valence-corrected chi connectivity index (χ0v) is 18.4. The van der Waals surface area contributed by atoms with Crippen LogP contribution in [0, 0.1) is 17.2 Å². The molecule has 0 aliphatic carbocycles. The minimum atomic E-state index is -1.58. The summed E-state index contributed by atoms with van der Waals surface area (Å²) in [6.45, 7) is 6.96. The van der Waals surface area contributed by atoms with Gasteiger partial charge in [-0.15, -0.1) is 0 Å². The first kappa shape index (κ1) is 23.1. The molecule has 0 aliphatic rings. The van der Waals surface area contributed by atoms with Crippen molar-refractivity contribution in [2.75, 3.05) is 11.9 Å². The predicted octanol–water partition coefficient (Wildman–Crippen LogP) is 2.59. The number of pyridine rings is 2. The molecule has 2 atom stereocenters. The van der Waals surface area contributed by atoms with Crippen LogP contribution in [0.15, 0.2) is 30.7 Å². The van der Waals surface area contributed by atoms with Crippen LogP contribution in [0.5, 0.6) is 0 Å². The van der Waals surface area contributed by atoms with Gasteiger partial charge in [-0.3, -0.25) is 4.79 Å². The predicted molar refractivity (Wildman–Crippen MR) is 118 cm³/mol. The summed E-state index contributed by atoms with van der Waals surface area (Å²) in [5, 5.41) is 29.6. The summed E-state index contributed by atoms with van der Waals surface area (Å²) in [4.78, 5) is 21.4. The molecule has 0 aromatic carbocycles. The minimum absolute atomic E-state index is 0.0131. The van der Waals surface area contributed by atoms with Crippen LogP contribution in [0.25, 0.3) is 16.9 Å². The molecule has 3 N–H and O–H groups in total. The molecule has 0 radical (unpaired) electrons. The van der Waals surface area contributed by atoms with Crippen molar-refractivity contribution in [3.05, 3.63) is 41.9 Å². The Bertz CT molecular complexity index is 1150. The Hall–Kier alpha value is -3.58. The average Bonchev–Trinajstić information content (AvgIpc) is 3.19. The number of alkyl halides is 1. The third-order valence-electron chi connectivity index (χ3n) is 4.84. The summed E-state index contributed by atoms with van der Waals surface area (Å²) in [7, 11) is 0. The van der Waals surface area contributed by atoms with Crippen LogP contribution in [0.3, 0.4) is 0 Å². The third-order valence-corrected chi connectivity index (χ3v) is 4.84. The first-order valence-corrected chi connectivity index (χ1v) is 10.3. The van der Waals surface area contributed by atoms with E-state index >= 15 is 0 Å². The van der Waals surface area contributed by atoms with Gasteiger partial charge in [0.25, 0.3) is 5.91 Å². The van der Waals surface area contributed by atoms with Crippen LogP contribution in [0.4, 0.5) is 10.1 Å². The lowest BCUT2D eigenvalue weighted by atomic mass is 10.0. The number of anilines is 1. The third kappa shape index (κ3) is 5.00. The van der Waals surface area contributed by atoms with Crippen LogP contribution >= 0.6 is 0 Å². The number of nitrogens with zero attached hydrogens (tertiary/aromatic N) is 5. The minimum Gasteiger partial charge on any atom is -0.390 e. The number of carbonyl (C=O) groups is 1. The molecule has 0 spiro atoms. The van der Waals surface area contributed by atoms with Crippen molar-refractivity contribution in [3.63, 3.8) is 0 Å². The first-order valence-electron chi connectivity index (χ1n) is 10.3. The van der Waals surface area contributed by atoms with E-state index in [0.717, 1.165) is 0 Å². The number of carbonyl (C=O) groups excluding carboxylic acids is 1. The van der Waals surface area contributed by atoms with E-state index in [-0.39, 0.29) is 24.1 Å². The molecule has 1 amide bonds. The Morgan fingerprint density at radius 1 is 1.22 bits per heavy atom. The fourth-order valence-corrected chi connectivity index (χ4v) is 3.15. The largest absolute Gasteiger partial charge is 0.390 e. The SMILES string of the molecule is CC(C)Nc1cc(-n2ncc3cc(C#N)cnc32)ncc1C(=O)NCC(F)C(O)C(C)C. The lowest BCUT2D eigenvalue weighted by Gasteiger charge is -2.20. The molecule has 3 rings (SSSR count). The highest BCUT2D eigenvalue weighted by atomic mass is 19.1. The van der Waals surface area contributed by atoms with Gasteiger partial charge in [0.15, 0.2) is 11.5 Å². The van der Waals surface area contributed by atoms with Gasteiger partial charge >= 0.3 is 0 Å². The fraction of sp³-hybridized carbons (Fsp3) is 0.409. The van der Waals surface area contributed by atoms with Gasteiger partial charge in [-0.2, -0.15) is 15.0 Å². The van der Waals surface area contributed by atoms with Crippen LogP contribution in [-0.2, 0) is 0 Å². The van der Waals surface area contributed by atoms with E-state index in [1.54, 1.807) is 32.2 Å². The summed E-state index contributed by atoms with van der Waals surface area (Å²) >= 11 is 0. The standard InChI is InChI=1S/C22H26FN7O2/c1-12(2)20(31)17(23)11-27-22(32)16-10-25-19(6-18(16)29-13(3)4)30-21-15(9-28-30)5-14(7-24)8-26-21/h5-6,8-10,12-13,17,20,31H,11H2,1-4H3,(H,25,29)(H,27,32). The van der Waals surface area contributed by atoms with Gasteiger partial charge in [-0.1, -0.05) is 13.8 Å². The van der Waals surface area contributed by atoms with Gasteiger partial charge in [-0.05, 0) is 25.8 Å². The number of hydrogen-bond acceptors (Lipinski definition) is 7. The smallest absolute Gasteiger partial charge is 0.255 e. The normalized spacial score (nSPS) is 13.2. The zero-order chi connectivity index (χ0) is 23.4. The number of hydrogen-bond donors (Lipinski definition) is 3. The second-order valence-corrected chi connectivity index (χ2v) is 8.15. The molecule has 9 nitrogen and oxygen atoms in total. The molecule has 10 heteroatoms. The maximum Gasteiger partial charge on any atom is 0.255 e. The molecule has 0 bridgehead atoms. The Kier molecular flexibility index (Phi) is 7.00. The van der Waals surface area contributed by atoms with E-state index in [1.165, 1.54) is 17.1 Å². The average molecular weight is 439 g/mol. The van der Waals surface area contributed by atoms with Crippen molar-refractivity contribution in [2.45, 2.75) is 46.0 Å². The first-order chi connectivity index (χ1) is 15.2. The maximum absolute atomic E-state index is 14.2. The molecule has 3 aromatic heterocycles. The van der Waals surface area contributed by atoms with Gasteiger partial charge < -0.3 is 15.7 Å². The van der Waals surface area contributed by atoms with E-state index < -0.39 is 18.2 Å². The van der Waals surface area contributed by atoms with Crippen LogP contribution < -0.4 is 10.6 Å². The molecule has 0 saturated heterocycles. The number of fused-ring (bicyclic) bond motifs is 1. The number of aromatic nitrogens is 4. The highest BCUT2D eigenvalue weighted by Gasteiger charge is 2.23. The molecular weight excluding hydrogens is 413 g/mol. The molecular formula is C22H26FN7O2. The van der Waals surface area contributed by atoms with E-state index in [4.69, 9.17) is 5.26 Å². The number of nitrogens with one attached hydrogen (secondary N) is 2. The van der Waals surface area contributed by atoms with Crippen molar-refractivity contribution >= 4 is 22.6 Å². The van der Waals surface area contributed by atoms with Crippen LogP contribution in [0.2, 0.25) is 0 Å². The van der Waals surface area contributed by atoms with E-state index in [1.807, 2.05) is 19.9 Å². The Balaban J connectivity index is 1.89. The summed E-state index contributed by atoms with van der Waals surface area (Å²) < 4.78 is 15.7. The van der Waals surface area contributed by atoms with Crippen LogP contribution in [-0.4, -0.2) is 55.6 Å². The van der Waals surface area contributed by atoms with E-state index in [0.29, 0.717) is 28.1 Å². The quantitative estimate of drug-likeness (QED) is 0.492. The molecule has 168 valence electrons. The molecule has 2 unspecified atom stereocenters. The number of halogens is 1. The van der Waals surface area contributed by atoms with Gasteiger partial charge in [0.2, 0.25) is 0 Å². The monoisotopic (exact) mass is 439 g/mol. The highest BCUT2D eigenvalue weighted by molar-refractivity contribution is 5.99. The van der Waals surface area contributed by atoms with Crippen molar-refractivity contribution in [1.82, 2.24) is 25.1 Å². The molecule has 3 heterocycles. The summed E-state index contributed by atoms with van der Waals surface area (Å²) in [6, 6.07) is 5.40. The summed E-state index contributed by atoms with van der Waals surface area (Å²) in [5.74, 6) is -0.341. The molecule has 0 fully saturated rings. The highest BCUT2D eigenvalue weighted by Crippen LogP contribution is 2.22. The van der Waals surface area contributed by atoms with Crippen LogP contribution in [0.1, 0.15) is 43.6 Å². The van der Waals surface area contributed by atoms with Gasteiger partial charge in [0, 0.05) is 29.9 Å². The van der Waals surface area contributed by atoms with Gasteiger partial charge in [0.05, 0.1) is 35.7 Å². The second kappa shape index (κ2) is 9.70. The van der Waals surface area contributed by atoms with Crippen molar-refractivity contribution in [3.8, 4) is 11.9 Å². The van der Waals surface area contributed by atoms with Gasteiger partial charge in [0.1, 0.15) is 12.2 Å². The number of nitriles is 1. The lowest BCUT2D eigenvalue weighted by Crippen LogP contribution is -2.39.